The second-order valence-corrected chi connectivity index (χ2v) is 6.40. The lowest BCUT2D eigenvalue weighted by Gasteiger charge is -2.18. The third-order valence-corrected chi connectivity index (χ3v) is 4.24. The Bertz CT molecular complexity index is 696. The van der Waals surface area contributed by atoms with E-state index in [-0.39, 0.29) is 6.04 Å². The van der Waals surface area contributed by atoms with Crippen LogP contribution < -0.4 is 10.6 Å². The third kappa shape index (κ3) is 5.42. The maximum absolute atomic E-state index is 6.09. The van der Waals surface area contributed by atoms with Gasteiger partial charge in [0.1, 0.15) is 0 Å². The van der Waals surface area contributed by atoms with Crippen LogP contribution in [0.15, 0.2) is 35.6 Å². The number of aliphatic imine (C=N–C) groups is 1. The molecule has 0 amide bonds. The van der Waals surface area contributed by atoms with Crippen molar-refractivity contribution in [3.05, 3.63) is 51.8 Å². The van der Waals surface area contributed by atoms with Crippen LogP contribution in [0.5, 0.6) is 0 Å². The number of aryl methyl sites for hydroxylation is 1. The van der Waals surface area contributed by atoms with Crippen LogP contribution in [0, 0.1) is 6.92 Å². The molecule has 1 aromatic carbocycles. The number of benzene rings is 1. The largest absolute Gasteiger partial charge is 0.357 e. The lowest BCUT2D eigenvalue weighted by molar-refractivity contribution is 0.617. The molecule has 2 N–H and O–H groups in total. The third-order valence-electron chi connectivity index (χ3n) is 3.50. The first-order valence-electron chi connectivity index (χ1n) is 7.98. The lowest BCUT2D eigenvalue weighted by atomic mass is 10.1. The molecule has 0 saturated carbocycles. The average Bonchev–Trinajstić information content (AvgIpc) is 2.95. The van der Waals surface area contributed by atoms with E-state index in [0.717, 1.165) is 30.2 Å². The molecule has 0 aliphatic rings. The first kappa shape index (κ1) is 18.6. The zero-order valence-corrected chi connectivity index (χ0v) is 15.7. The Labute approximate surface area is 153 Å². The van der Waals surface area contributed by atoms with Crippen LogP contribution in [-0.4, -0.2) is 28.8 Å². The molecule has 1 aromatic heterocycles. The van der Waals surface area contributed by atoms with Crippen LogP contribution in [0.4, 0.5) is 0 Å². The first-order valence-corrected chi connectivity index (χ1v) is 8.74. The Morgan fingerprint density at radius 3 is 2.75 bits per heavy atom. The van der Waals surface area contributed by atoms with Gasteiger partial charge in [-0.25, -0.2) is 0 Å². The smallest absolute Gasteiger partial charge is 0.191 e. The van der Waals surface area contributed by atoms with Crippen molar-refractivity contribution in [3.8, 4) is 0 Å². The Morgan fingerprint density at radius 1 is 1.33 bits per heavy atom. The van der Waals surface area contributed by atoms with Crippen LogP contribution in [-0.2, 0) is 6.54 Å². The summed E-state index contributed by atoms with van der Waals surface area (Å²) in [6.45, 7) is 8.30. The minimum Gasteiger partial charge on any atom is -0.357 e. The summed E-state index contributed by atoms with van der Waals surface area (Å²) in [5, 5.41) is 12.0. The fourth-order valence-corrected chi connectivity index (χ4v) is 2.55. The summed E-state index contributed by atoms with van der Waals surface area (Å²) in [6.07, 6.45) is 3.85. The minimum atomic E-state index is 0.0597. The van der Waals surface area contributed by atoms with Crippen LogP contribution in [0.3, 0.4) is 0 Å². The monoisotopic (exact) mass is 367 g/mol. The predicted octanol–water partition coefficient (Wildman–Crippen LogP) is 3.81. The van der Waals surface area contributed by atoms with Gasteiger partial charge in [0.25, 0.3) is 0 Å². The number of nitrogens with zero attached hydrogens (tertiary/aromatic N) is 3. The summed E-state index contributed by atoms with van der Waals surface area (Å²) in [7, 11) is 0. The first-order chi connectivity index (χ1) is 11.5. The molecule has 2 rings (SSSR count). The highest BCUT2D eigenvalue weighted by molar-refractivity contribution is 6.42. The number of rotatable bonds is 6. The van der Waals surface area contributed by atoms with E-state index in [2.05, 4.69) is 27.6 Å². The molecule has 0 bridgehead atoms. The van der Waals surface area contributed by atoms with Crippen molar-refractivity contribution in [2.45, 2.75) is 33.4 Å². The standard InChI is InChI=1S/C17H23Cl2N5/c1-4-20-17(21-7-8-24-11-12(2)10-22-24)23-13(3)14-5-6-15(18)16(19)9-14/h5-6,9-11,13H,4,7-8H2,1-3H3,(H2,20,21,23). The molecule has 130 valence electrons. The second kappa shape index (κ2) is 8.94. The van der Waals surface area contributed by atoms with E-state index in [1.807, 2.05) is 49.1 Å². The van der Waals surface area contributed by atoms with E-state index in [1.165, 1.54) is 0 Å². The Morgan fingerprint density at radius 2 is 2.12 bits per heavy atom. The number of aromatic nitrogens is 2. The molecular formula is C17H23Cl2N5. The molecule has 0 fully saturated rings. The summed E-state index contributed by atoms with van der Waals surface area (Å²) < 4.78 is 1.89. The van der Waals surface area contributed by atoms with Crippen LogP contribution in [0.25, 0.3) is 0 Å². The van der Waals surface area contributed by atoms with Crippen molar-refractivity contribution in [1.82, 2.24) is 20.4 Å². The van der Waals surface area contributed by atoms with E-state index in [1.54, 1.807) is 0 Å². The van der Waals surface area contributed by atoms with Gasteiger partial charge in [0.05, 0.1) is 35.4 Å². The highest BCUT2D eigenvalue weighted by Crippen LogP contribution is 2.25. The number of hydrogen-bond acceptors (Lipinski definition) is 2. The molecule has 1 heterocycles. The Kier molecular flexibility index (Phi) is 6.94. The van der Waals surface area contributed by atoms with Gasteiger partial charge >= 0.3 is 0 Å². The van der Waals surface area contributed by atoms with E-state index in [0.29, 0.717) is 16.6 Å². The topological polar surface area (TPSA) is 54.2 Å². The molecule has 5 nitrogen and oxygen atoms in total. The quantitative estimate of drug-likeness (QED) is 0.602. The molecule has 0 saturated heterocycles. The predicted molar refractivity (Wildman–Crippen MR) is 101 cm³/mol. The van der Waals surface area contributed by atoms with Crippen molar-refractivity contribution >= 4 is 29.2 Å². The van der Waals surface area contributed by atoms with Gasteiger partial charge in [-0.1, -0.05) is 29.3 Å². The van der Waals surface area contributed by atoms with E-state index < -0.39 is 0 Å². The molecule has 0 spiro atoms. The summed E-state index contributed by atoms with van der Waals surface area (Å²) in [6, 6.07) is 5.70. The Balaban J connectivity index is 1.98. The summed E-state index contributed by atoms with van der Waals surface area (Å²) >= 11 is 12.1. The van der Waals surface area contributed by atoms with Crippen LogP contribution >= 0.6 is 23.2 Å². The number of guanidine groups is 1. The molecule has 1 unspecified atom stereocenters. The van der Waals surface area contributed by atoms with Crippen molar-refractivity contribution < 1.29 is 0 Å². The summed E-state index contributed by atoms with van der Waals surface area (Å²) in [5.41, 5.74) is 2.20. The molecule has 0 radical (unpaired) electrons. The lowest BCUT2D eigenvalue weighted by Crippen LogP contribution is -2.39. The van der Waals surface area contributed by atoms with Gasteiger partial charge in [-0.2, -0.15) is 5.10 Å². The van der Waals surface area contributed by atoms with E-state index in [9.17, 15) is 0 Å². The number of nitrogens with one attached hydrogen (secondary N) is 2. The average molecular weight is 368 g/mol. The maximum atomic E-state index is 6.09. The zero-order chi connectivity index (χ0) is 17.5. The van der Waals surface area contributed by atoms with Gasteiger partial charge in [-0.05, 0) is 44.0 Å². The maximum Gasteiger partial charge on any atom is 0.191 e. The fraction of sp³-hybridized carbons (Fsp3) is 0.412. The highest BCUT2D eigenvalue weighted by atomic mass is 35.5. The summed E-state index contributed by atoms with van der Waals surface area (Å²) in [4.78, 5) is 4.60. The second-order valence-electron chi connectivity index (χ2n) is 5.58. The van der Waals surface area contributed by atoms with Crippen molar-refractivity contribution in [1.29, 1.82) is 0 Å². The number of hydrogen-bond donors (Lipinski definition) is 2. The number of halogens is 2. The molecular weight excluding hydrogens is 345 g/mol. The van der Waals surface area contributed by atoms with Crippen LogP contribution in [0.2, 0.25) is 10.0 Å². The molecule has 2 aromatic rings. The minimum absolute atomic E-state index is 0.0597. The van der Waals surface area contributed by atoms with E-state index in [4.69, 9.17) is 23.2 Å². The molecule has 0 aliphatic heterocycles. The van der Waals surface area contributed by atoms with Gasteiger partial charge in [0.15, 0.2) is 5.96 Å². The fourth-order valence-electron chi connectivity index (χ4n) is 2.24. The van der Waals surface area contributed by atoms with Crippen molar-refractivity contribution in [3.63, 3.8) is 0 Å². The SMILES string of the molecule is CCNC(=NCCn1cc(C)cn1)NC(C)c1ccc(Cl)c(Cl)c1. The molecule has 1 atom stereocenters. The molecule has 0 aliphatic carbocycles. The van der Waals surface area contributed by atoms with Crippen molar-refractivity contribution in [2.75, 3.05) is 13.1 Å². The van der Waals surface area contributed by atoms with Gasteiger partial charge in [-0.15, -0.1) is 0 Å². The van der Waals surface area contributed by atoms with Gasteiger partial charge < -0.3 is 10.6 Å². The van der Waals surface area contributed by atoms with E-state index >= 15 is 0 Å². The van der Waals surface area contributed by atoms with Gasteiger partial charge in [-0.3, -0.25) is 9.67 Å². The van der Waals surface area contributed by atoms with Gasteiger partial charge in [0, 0.05) is 12.7 Å². The summed E-state index contributed by atoms with van der Waals surface area (Å²) in [5.74, 6) is 0.764. The van der Waals surface area contributed by atoms with Crippen molar-refractivity contribution in [2.24, 2.45) is 4.99 Å². The van der Waals surface area contributed by atoms with Gasteiger partial charge in [0.2, 0.25) is 0 Å². The zero-order valence-electron chi connectivity index (χ0n) is 14.2. The molecule has 7 heteroatoms. The van der Waals surface area contributed by atoms with Crippen LogP contribution in [0.1, 0.15) is 31.0 Å². The Hall–Kier alpha value is -1.72. The normalized spacial score (nSPS) is 13.0. The highest BCUT2D eigenvalue weighted by Gasteiger charge is 2.09. The molecule has 24 heavy (non-hydrogen) atoms.